The molecule has 2 unspecified atom stereocenters. The third-order valence-electron chi connectivity index (χ3n) is 10.3. The summed E-state index contributed by atoms with van der Waals surface area (Å²) in [7, 11) is -3.51. The minimum atomic E-state index is -3.51. The Hall–Kier alpha value is -3.82. The summed E-state index contributed by atoms with van der Waals surface area (Å²) in [5, 5.41) is 32.7. The molecule has 0 radical (unpaired) electrons. The summed E-state index contributed by atoms with van der Waals surface area (Å²) in [5.41, 5.74) is -0.0641. The molecule has 2 heterocycles. The minimum absolute atomic E-state index is 0.0393. The second kappa shape index (κ2) is 17.3. The highest BCUT2D eigenvalue weighted by Crippen LogP contribution is 2.49. The van der Waals surface area contributed by atoms with Gasteiger partial charge in [0.1, 0.15) is 35.9 Å². The maximum absolute atomic E-state index is 12.2. The van der Waals surface area contributed by atoms with Crippen LogP contribution in [0.5, 0.6) is 11.5 Å². The number of benzene rings is 2. The zero-order chi connectivity index (χ0) is 39.1. The van der Waals surface area contributed by atoms with Crippen LogP contribution >= 0.6 is 11.6 Å². The Bertz CT molecular complexity index is 1960. The molecule has 12 nitrogen and oxygen atoms in total. The normalized spacial score (nSPS) is 21.0. The summed E-state index contributed by atoms with van der Waals surface area (Å²) in [6, 6.07) is 14.8. The van der Waals surface area contributed by atoms with Crippen LogP contribution in [0.4, 0.5) is 0 Å². The van der Waals surface area contributed by atoms with Gasteiger partial charge in [-0.15, -0.1) is 0 Å². The van der Waals surface area contributed by atoms with E-state index in [-0.39, 0.29) is 41.5 Å². The lowest BCUT2D eigenvalue weighted by Gasteiger charge is -2.47. The highest BCUT2D eigenvalue weighted by Gasteiger charge is 2.49. The molecule has 292 valence electrons. The number of ether oxygens (including phenoxy) is 3. The molecule has 1 aromatic heterocycles. The van der Waals surface area contributed by atoms with E-state index < -0.39 is 39.0 Å². The summed E-state index contributed by atoms with van der Waals surface area (Å²) in [5.74, 6) is -0.656. The molecule has 0 spiro atoms. The van der Waals surface area contributed by atoms with E-state index in [1.54, 1.807) is 12.1 Å². The Morgan fingerprint density at radius 2 is 1.89 bits per heavy atom. The second-order valence-electron chi connectivity index (χ2n) is 14.7. The number of sulfone groups is 1. The smallest absolute Gasteiger partial charge is 0.326 e. The molecule has 14 heteroatoms. The maximum atomic E-state index is 12.2. The molecule has 2 aromatic carbocycles. The summed E-state index contributed by atoms with van der Waals surface area (Å²) in [4.78, 5) is 18.3. The number of hydrogen-bond acceptors (Lipinski definition) is 11. The van der Waals surface area contributed by atoms with Gasteiger partial charge in [0.2, 0.25) is 0 Å². The number of nitrogens with one attached hydrogen (secondary N) is 1. The lowest BCUT2D eigenvalue weighted by Crippen LogP contribution is -2.52. The maximum Gasteiger partial charge on any atom is 0.326 e. The first-order chi connectivity index (χ1) is 25.6. The number of aliphatic hydroxyl groups excluding tert-OH is 2. The zero-order valence-corrected chi connectivity index (χ0v) is 32.7. The fraction of sp³-hybridized carbons (Fsp3) is 0.450. The first kappa shape index (κ1) is 41.3. The van der Waals surface area contributed by atoms with Crippen LogP contribution < -0.4 is 14.8 Å². The largest absolute Gasteiger partial charge is 0.488 e. The molecule has 4 N–H and O–H groups in total. The van der Waals surface area contributed by atoms with Crippen molar-refractivity contribution in [3.05, 3.63) is 101 Å². The number of carboxylic acid groups (broad SMARTS) is 1. The van der Waals surface area contributed by atoms with Crippen LogP contribution in [0.15, 0.2) is 84.0 Å². The summed E-state index contributed by atoms with van der Waals surface area (Å²) in [6.07, 6.45) is 11.2. The van der Waals surface area contributed by atoms with Gasteiger partial charge in [-0.1, -0.05) is 67.9 Å². The number of carboxylic acids is 1. The number of β-amino-alcohol motifs (C(OH)–C–C–N with tert-alkyl or cyclic N) is 1. The van der Waals surface area contributed by atoms with Crippen molar-refractivity contribution in [1.29, 1.82) is 0 Å². The van der Waals surface area contributed by atoms with Gasteiger partial charge < -0.3 is 34.4 Å². The minimum Gasteiger partial charge on any atom is -0.488 e. The van der Waals surface area contributed by atoms with Crippen LogP contribution in [0, 0.1) is 5.41 Å². The molecule has 54 heavy (non-hydrogen) atoms. The molecule has 0 bridgehead atoms. The van der Waals surface area contributed by atoms with Crippen LogP contribution in [-0.2, 0) is 32.5 Å². The van der Waals surface area contributed by atoms with E-state index in [1.165, 1.54) is 25.4 Å². The van der Waals surface area contributed by atoms with Crippen molar-refractivity contribution in [3.8, 4) is 11.5 Å². The Kier molecular flexibility index (Phi) is 13.3. The van der Waals surface area contributed by atoms with Crippen molar-refractivity contribution < 1.29 is 42.7 Å². The number of aliphatic carboxylic acids is 1. The molecular weight excluding hydrogens is 734 g/mol. The van der Waals surface area contributed by atoms with E-state index in [1.807, 2.05) is 30.4 Å². The van der Waals surface area contributed by atoms with Crippen molar-refractivity contribution in [3.63, 3.8) is 0 Å². The number of pyridine rings is 1. The van der Waals surface area contributed by atoms with Crippen molar-refractivity contribution in [2.45, 2.75) is 68.9 Å². The molecule has 0 saturated carbocycles. The molecule has 1 aliphatic carbocycles. The van der Waals surface area contributed by atoms with E-state index >= 15 is 0 Å². The molecule has 3 atom stereocenters. The topological polar surface area (TPSA) is 168 Å². The van der Waals surface area contributed by atoms with E-state index in [9.17, 15) is 28.5 Å². The fourth-order valence-corrected chi connectivity index (χ4v) is 7.47. The predicted molar refractivity (Wildman–Crippen MR) is 206 cm³/mol. The molecule has 1 saturated heterocycles. The monoisotopic (exact) mass is 783 g/mol. The summed E-state index contributed by atoms with van der Waals surface area (Å²) < 4.78 is 43.9. The van der Waals surface area contributed by atoms with Crippen molar-refractivity contribution >= 4 is 33.0 Å². The van der Waals surface area contributed by atoms with Gasteiger partial charge in [0, 0.05) is 74.0 Å². The Labute approximate surface area is 322 Å². The van der Waals surface area contributed by atoms with E-state index in [2.05, 4.69) is 47.3 Å². The number of hydrogen-bond donors (Lipinski definition) is 4. The number of allylic oxidation sites excluding steroid dienone is 2. The molecule has 1 aliphatic heterocycles. The molecule has 1 fully saturated rings. The standard InChI is InChI=1S/C40H50ClN3O9S/c1-38(2)33(29-10-6-5-7-11-29)12-8-14-40(38,53-17-9-15-44-16-13-31(46)24-44)27-52-36-20-35(51-25-28-18-32(23-42-21-28)54(4,49)50)30(19-34(36)41)22-43-39(3,26-45)37(47)48/h5-8,10-12,14,18-21,23,31,43,45-46H,9,13,15-17,22,24-27H2,1-4H3,(H,47,48)/t31-,39?,40?/m1/s1. The highest BCUT2D eigenvalue weighted by atomic mass is 35.5. The van der Waals surface area contributed by atoms with E-state index in [0.29, 0.717) is 30.0 Å². The molecule has 3 aromatic rings. The fourth-order valence-electron chi connectivity index (χ4n) is 6.62. The third-order valence-corrected chi connectivity index (χ3v) is 11.7. The number of aliphatic hydroxyl groups is 2. The lowest BCUT2D eigenvalue weighted by molar-refractivity contribution is -0.145. The highest BCUT2D eigenvalue weighted by molar-refractivity contribution is 7.90. The van der Waals surface area contributed by atoms with E-state index in [4.69, 9.17) is 25.8 Å². The SMILES string of the molecule is CC(CO)(NCc1cc(Cl)c(OCC2(OCCCN3CC[C@@H](O)C3)C=CC=C(c3ccccc3)C2(C)C)cc1OCc1cncc(S(C)(=O)=O)c1)C(=O)O. The van der Waals surface area contributed by atoms with Gasteiger partial charge in [-0.25, -0.2) is 8.42 Å². The molecule has 2 aliphatic rings. The number of carbonyl (C=O) groups is 1. The van der Waals surface area contributed by atoms with E-state index in [0.717, 1.165) is 43.3 Å². The van der Waals surface area contributed by atoms with Crippen LogP contribution in [0.25, 0.3) is 5.57 Å². The first-order valence-corrected chi connectivity index (χ1v) is 20.1. The van der Waals surface area contributed by atoms with Gasteiger partial charge in [0.15, 0.2) is 9.84 Å². The number of likely N-dealkylation sites (tertiary alicyclic amines) is 1. The van der Waals surface area contributed by atoms with Gasteiger partial charge >= 0.3 is 5.97 Å². The number of rotatable bonds is 18. The quantitative estimate of drug-likeness (QED) is 0.129. The summed E-state index contributed by atoms with van der Waals surface area (Å²) in [6.45, 7) is 7.65. The lowest BCUT2D eigenvalue weighted by atomic mass is 9.65. The van der Waals surface area contributed by atoms with Crippen LogP contribution in [0.2, 0.25) is 5.02 Å². The zero-order valence-electron chi connectivity index (χ0n) is 31.1. The van der Waals surface area contributed by atoms with Gasteiger partial charge in [-0.3, -0.25) is 15.1 Å². The average Bonchev–Trinajstić information content (AvgIpc) is 3.56. The van der Waals surface area contributed by atoms with Crippen molar-refractivity contribution in [2.75, 3.05) is 45.7 Å². The Morgan fingerprint density at radius 3 is 2.56 bits per heavy atom. The average molecular weight is 784 g/mol. The molecular formula is C40H50ClN3O9S. The van der Waals surface area contributed by atoms with Crippen LogP contribution in [-0.4, -0.2) is 103 Å². The number of halogens is 1. The Balaban J connectivity index is 1.44. The molecule has 5 rings (SSSR count). The summed E-state index contributed by atoms with van der Waals surface area (Å²) >= 11 is 6.86. The van der Waals surface area contributed by atoms with Gasteiger partial charge in [0.25, 0.3) is 0 Å². The first-order valence-electron chi connectivity index (χ1n) is 17.9. The molecule has 0 amide bonds. The van der Waals surface area contributed by atoms with Crippen LogP contribution in [0.3, 0.4) is 0 Å². The number of nitrogens with zero attached hydrogens (tertiary/aromatic N) is 2. The second-order valence-corrected chi connectivity index (χ2v) is 17.1. The third kappa shape index (κ3) is 9.69. The predicted octanol–water partition coefficient (Wildman–Crippen LogP) is 4.91. The van der Waals surface area contributed by atoms with Gasteiger partial charge in [-0.05, 0) is 49.1 Å². The Morgan fingerprint density at radius 1 is 1.13 bits per heavy atom. The van der Waals surface area contributed by atoms with Gasteiger partial charge in [0.05, 0.1) is 22.6 Å². The van der Waals surface area contributed by atoms with Crippen molar-refractivity contribution in [2.24, 2.45) is 5.41 Å². The number of aromatic nitrogens is 1. The van der Waals surface area contributed by atoms with Crippen molar-refractivity contribution in [1.82, 2.24) is 15.2 Å². The van der Waals surface area contributed by atoms with Gasteiger partial charge in [-0.2, -0.15) is 0 Å². The van der Waals surface area contributed by atoms with Crippen LogP contribution in [0.1, 0.15) is 50.3 Å².